The quantitative estimate of drug-likeness (QED) is 0.734. The van der Waals surface area contributed by atoms with Crippen molar-refractivity contribution in [2.45, 2.75) is 44.6 Å². The Kier molecular flexibility index (Phi) is 5.46. The summed E-state index contributed by atoms with van der Waals surface area (Å²) in [7, 11) is -3.45. The molecule has 2 N–H and O–H groups in total. The molecule has 2 rings (SSSR count). The normalized spacial score (nSPS) is 16.9. The van der Waals surface area contributed by atoms with Gasteiger partial charge in [0.1, 0.15) is 0 Å². The fourth-order valence-electron chi connectivity index (χ4n) is 2.30. The predicted molar refractivity (Wildman–Crippen MR) is 88.7 cm³/mol. The minimum absolute atomic E-state index is 0.199. The van der Waals surface area contributed by atoms with Crippen LogP contribution in [0.3, 0.4) is 0 Å². The Morgan fingerprint density at radius 3 is 2.52 bits per heavy atom. The number of sulfonamides is 1. The smallest absolute Gasteiger partial charge is 0.241 e. The lowest BCUT2D eigenvalue weighted by atomic mass is 10.1. The lowest BCUT2D eigenvalue weighted by Crippen LogP contribution is -2.30. The molecule has 1 saturated carbocycles. The third-order valence-corrected chi connectivity index (χ3v) is 6.59. The van der Waals surface area contributed by atoms with Crippen molar-refractivity contribution >= 4 is 26.0 Å². The zero-order valence-corrected chi connectivity index (χ0v) is 15.0. The second kappa shape index (κ2) is 6.77. The Bertz CT molecular complexity index is 598. The monoisotopic (exact) mass is 374 g/mol. The molecule has 0 saturated heterocycles. The van der Waals surface area contributed by atoms with E-state index in [0.717, 1.165) is 37.9 Å². The van der Waals surface area contributed by atoms with Crippen molar-refractivity contribution in [3.8, 4) is 0 Å². The largest absolute Gasteiger partial charge is 0.313 e. The fourth-order valence-corrected chi connectivity index (χ4v) is 4.58. The summed E-state index contributed by atoms with van der Waals surface area (Å²) in [5, 5.41) is 3.22. The van der Waals surface area contributed by atoms with Crippen molar-refractivity contribution < 1.29 is 8.42 Å². The first kappa shape index (κ1) is 16.9. The molecule has 1 fully saturated rings. The lowest BCUT2D eigenvalue weighted by Gasteiger charge is -2.15. The molecule has 6 heteroatoms. The van der Waals surface area contributed by atoms with E-state index in [0.29, 0.717) is 15.9 Å². The molecule has 1 aromatic carbocycles. The van der Waals surface area contributed by atoms with Crippen LogP contribution in [0.4, 0.5) is 0 Å². The van der Waals surface area contributed by atoms with E-state index < -0.39 is 10.0 Å². The number of nitrogens with one attached hydrogen (secondary N) is 2. The summed E-state index contributed by atoms with van der Waals surface area (Å²) in [6.07, 6.45) is 3.27. The van der Waals surface area contributed by atoms with E-state index in [4.69, 9.17) is 0 Å². The summed E-state index contributed by atoms with van der Waals surface area (Å²) < 4.78 is 28.2. The zero-order chi connectivity index (χ0) is 15.5. The summed E-state index contributed by atoms with van der Waals surface area (Å²) >= 11 is 3.38. The molecule has 0 aliphatic heterocycles. The Labute approximate surface area is 135 Å². The van der Waals surface area contributed by atoms with Crippen molar-refractivity contribution in [3.05, 3.63) is 28.2 Å². The van der Waals surface area contributed by atoms with Crippen LogP contribution in [0.2, 0.25) is 0 Å². The van der Waals surface area contributed by atoms with Gasteiger partial charge in [-0.1, -0.05) is 19.9 Å². The highest BCUT2D eigenvalue weighted by molar-refractivity contribution is 9.10. The maximum atomic E-state index is 12.4. The highest BCUT2D eigenvalue weighted by atomic mass is 79.9. The number of hydrogen-bond donors (Lipinski definition) is 2. The highest BCUT2D eigenvalue weighted by Crippen LogP contribution is 2.48. The van der Waals surface area contributed by atoms with E-state index in [1.807, 2.05) is 19.1 Å². The Balaban J connectivity index is 2.08. The van der Waals surface area contributed by atoms with Gasteiger partial charge in [0.05, 0.1) is 4.90 Å². The summed E-state index contributed by atoms with van der Waals surface area (Å²) in [4.78, 5) is 0.314. The molecule has 0 spiro atoms. The molecule has 0 heterocycles. The van der Waals surface area contributed by atoms with Gasteiger partial charge < -0.3 is 5.32 Å². The van der Waals surface area contributed by atoms with Crippen LogP contribution in [0.5, 0.6) is 0 Å². The molecule has 1 aliphatic rings. The average molecular weight is 375 g/mol. The van der Waals surface area contributed by atoms with Gasteiger partial charge >= 0.3 is 0 Å². The van der Waals surface area contributed by atoms with Crippen LogP contribution in [0.15, 0.2) is 27.6 Å². The molecule has 0 bridgehead atoms. The third-order valence-electron chi connectivity index (χ3n) is 4.21. The van der Waals surface area contributed by atoms with Gasteiger partial charge in [-0.3, -0.25) is 0 Å². The summed E-state index contributed by atoms with van der Waals surface area (Å²) in [6, 6.07) is 5.39. The van der Waals surface area contributed by atoms with E-state index >= 15 is 0 Å². The van der Waals surface area contributed by atoms with E-state index in [1.165, 1.54) is 0 Å². The molecule has 0 radical (unpaired) electrons. The number of halogens is 1. The highest BCUT2D eigenvalue weighted by Gasteiger charge is 2.41. The molecule has 0 atom stereocenters. The van der Waals surface area contributed by atoms with Crippen LogP contribution in [0, 0.1) is 5.41 Å². The minimum Gasteiger partial charge on any atom is -0.313 e. The number of benzene rings is 1. The van der Waals surface area contributed by atoms with E-state index in [-0.39, 0.29) is 5.41 Å². The minimum atomic E-state index is -3.45. The van der Waals surface area contributed by atoms with Gasteiger partial charge in [-0.15, -0.1) is 0 Å². The lowest BCUT2D eigenvalue weighted by molar-refractivity contribution is 0.475. The second-order valence-electron chi connectivity index (χ2n) is 5.72. The molecule has 4 nitrogen and oxygen atoms in total. The van der Waals surface area contributed by atoms with Crippen molar-refractivity contribution in [2.24, 2.45) is 5.41 Å². The topological polar surface area (TPSA) is 58.2 Å². The Hall–Kier alpha value is -0.430. The molecule has 0 aromatic heterocycles. The van der Waals surface area contributed by atoms with Crippen molar-refractivity contribution in [3.63, 3.8) is 0 Å². The molecular formula is C15H23BrN2O2S. The van der Waals surface area contributed by atoms with Gasteiger partial charge in [-0.2, -0.15) is 0 Å². The van der Waals surface area contributed by atoms with Crippen LogP contribution >= 0.6 is 15.9 Å². The van der Waals surface area contributed by atoms with Crippen LogP contribution in [-0.2, 0) is 16.6 Å². The van der Waals surface area contributed by atoms with Crippen molar-refractivity contribution in [2.75, 3.05) is 13.1 Å². The van der Waals surface area contributed by atoms with Gasteiger partial charge in [-0.25, -0.2) is 13.1 Å². The first-order chi connectivity index (χ1) is 9.92. The zero-order valence-electron chi connectivity index (χ0n) is 12.6. The maximum Gasteiger partial charge on any atom is 0.241 e. The third kappa shape index (κ3) is 4.28. The Morgan fingerprint density at radius 2 is 2.00 bits per heavy atom. The average Bonchev–Trinajstić information content (AvgIpc) is 3.23. The van der Waals surface area contributed by atoms with Crippen LogP contribution in [-0.4, -0.2) is 21.5 Å². The first-order valence-corrected chi connectivity index (χ1v) is 9.69. The molecule has 21 heavy (non-hydrogen) atoms. The first-order valence-electron chi connectivity index (χ1n) is 7.41. The summed E-state index contributed by atoms with van der Waals surface area (Å²) in [6.45, 7) is 6.32. The molecule has 1 aliphatic carbocycles. The van der Waals surface area contributed by atoms with Crippen molar-refractivity contribution in [1.29, 1.82) is 0 Å². The van der Waals surface area contributed by atoms with E-state index in [9.17, 15) is 8.42 Å². The molecule has 1 aromatic rings. The van der Waals surface area contributed by atoms with Gasteiger partial charge in [-0.05, 0) is 64.8 Å². The van der Waals surface area contributed by atoms with E-state index in [1.54, 1.807) is 6.07 Å². The SMILES string of the molecule is CCNCc1ccc(S(=O)(=O)NCC2(CC)CC2)c(Br)c1. The summed E-state index contributed by atoms with van der Waals surface area (Å²) in [5.41, 5.74) is 1.26. The molecule has 0 unspecified atom stereocenters. The van der Waals surface area contributed by atoms with Crippen molar-refractivity contribution in [1.82, 2.24) is 10.0 Å². The molecule has 118 valence electrons. The standard InChI is InChI=1S/C15H23BrN2O2S/c1-3-15(7-8-15)11-18-21(19,20)14-6-5-12(9-13(14)16)10-17-4-2/h5-6,9,17-18H,3-4,7-8,10-11H2,1-2H3. The second-order valence-corrected chi connectivity index (χ2v) is 8.31. The maximum absolute atomic E-state index is 12.4. The van der Waals surface area contributed by atoms with Gasteiger partial charge in [0.2, 0.25) is 10.0 Å². The molecular weight excluding hydrogens is 352 g/mol. The number of rotatable bonds is 8. The predicted octanol–water partition coefficient (Wildman–Crippen LogP) is 3.03. The Morgan fingerprint density at radius 1 is 1.29 bits per heavy atom. The number of hydrogen-bond acceptors (Lipinski definition) is 3. The fraction of sp³-hybridized carbons (Fsp3) is 0.600. The van der Waals surface area contributed by atoms with E-state index in [2.05, 4.69) is 32.9 Å². The van der Waals surface area contributed by atoms with Gasteiger partial charge in [0, 0.05) is 17.6 Å². The van der Waals surface area contributed by atoms with Crippen LogP contribution in [0.1, 0.15) is 38.7 Å². The van der Waals surface area contributed by atoms with Gasteiger partial charge in [0.15, 0.2) is 0 Å². The van der Waals surface area contributed by atoms with Gasteiger partial charge in [0.25, 0.3) is 0 Å². The molecule has 0 amide bonds. The van der Waals surface area contributed by atoms with Crippen LogP contribution in [0.25, 0.3) is 0 Å². The van der Waals surface area contributed by atoms with Crippen LogP contribution < -0.4 is 10.0 Å². The summed E-state index contributed by atoms with van der Waals surface area (Å²) in [5.74, 6) is 0.